The molecule has 124 valence electrons. The summed E-state index contributed by atoms with van der Waals surface area (Å²) in [5.41, 5.74) is 3.78. The molecule has 4 aromatic rings. The summed E-state index contributed by atoms with van der Waals surface area (Å²) >= 11 is 0. The molecule has 0 atom stereocenters. The summed E-state index contributed by atoms with van der Waals surface area (Å²) < 4.78 is 3.64. The lowest BCUT2D eigenvalue weighted by atomic mass is 10.3. The fourth-order valence-corrected chi connectivity index (χ4v) is 2.72. The second-order valence-corrected chi connectivity index (χ2v) is 5.77. The van der Waals surface area contributed by atoms with E-state index in [1.54, 1.807) is 17.2 Å². The molecule has 2 aromatic carbocycles. The van der Waals surface area contributed by atoms with Gasteiger partial charge in [0.05, 0.1) is 29.2 Å². The van der Waals surface area contributed by atoms with Crippen LogP contribution >= 0.6 is 0 Å². The van der Waals surface area contributed by atoms with E-state index in [1.165, 1.54) is 0 Å². The number of amides is 1. The SMILES string of the molecule is O=C(Cn1cnc2ccccc21)NCc1cnn(-c2ccccc2)c1. The number of para-hydroxylation sites is 3. The van der Waals surface area contributed by atoms with Crippen LogP contribution in [0.5, 0.6) is 0 Å². The van der Waals surface area contributed by atoms with Crippen molar-refractivity contribution in [3.63, 3.8) is 0 Å². The topological polar surface area (TPSA) is 64.7 Å². The summed E-state index contributed by atoms with van der Waals surface area (Å²) in [6.45, 7) is 0.686. The van der Waals surface area contributed by atoms with Crippen LogP contribution in [0.15, 0.2) is 73.3 Å². The first-order valence-corrected chi connectivity index (χ1v) is 8.05. The molecule has 1 N–H and O–H groups in total. The Morgan fingerprint density at radius 3 is 2.72 bits per heavy atom. The lowest BCUT2D eigenvalue weighted by molar-refractivity contribution is -0.121. The first-order valence-electron chi connectivity index (χ1n) is 8.05. The van der Waals surface area contributed by atoms with E-state index >= 15 is 0 Å². The molecule has 0 saturated carbocycles. The lowest BCUT2D eigenvalue weighted by Gasteiger charge is -2.05. The van der Waals surface area contributed by atoms with Crippen molar-refractivity contribution in [2.45, 2.75) is 13.1 Å². The Balaban J connectivity index is 1.38. The Bertz CT molecular complexity index is 1000. The molecule has 6 nitrogen and oxygen atoms in total. The molecule has 1 amide bonds. The predicted octanol–water partition coefficient (Wildman–Crippen LogP) is 2.54. The Morgan fingerprint density at radius 1 is 1.04 bits per heavy atom. The Kier molecular flexibility index (Phi) is 4.00. The number of imidazole rings is 1. The van der Waals surface area contributed by atoms with Gasteiger partial charge >= 0.3 is 0 Å². The largest absolute Gasteiger partial charge is 0.350 e. The van der Waals surface area contributed by atoms with Crippen molar-refractivity contribution in [3.8, 4) is 5.69 Å². The standard InChI is InChI=1S/C19H17N5O/c25-19(13-23-14-21-17-8-4-5-9-18(17)23)20-10-15-11-22-24(12-15)16-6-2-1-3-7-16/h1-9,11-12,14H,10,13H2,(H,20,25). The van der Waals surface area contributed by atoms with Crippen LogP contribution in [0, 0.1) is 0 Å². The van der Waals surface area contributed by atoms with Gasteiger partial charge in [0.25, 0.3) is 0 Å². The molecule has 2 aromatic heterocycles. The highest BCUT2D eigenvalue weighted by atomic mass is 16.1. The van der Waals surface area contributed by atoms with Crippen LogP contribution in [0.1, 0.15) is 5.56 Å². The smallest absolute Gasteiger partial charge is 0.240 e. The zero-order valence-electron chi connectivity index (χ0n) is 13.5. The van der Waals surface area contributed by atoms with E-state index in [4.69, 9.17) is 0 Å². The molecule has 0 aliphatic rings. The van der Waals surface area contributed by atoms with E-state index in [0.717, 1.165) is 22.3 Å². The minimum atomic E-state index is -0.0596. The maximum Gasteiger partial charge on any atom is 0.240 e. The van der Waals surface area contributed by atoms with Gasteiger partial charge in [-0.15, -0.1) is 0 Å². The number of rotatable bonds is 5. The molecule has 25 heavy (non-hydrogen) atoms. The highest BCUT2D eigenvalue weighted by molar-refractivity contribution is 5.80. The highest BCUT2D eigenvalue weighted by Crippen LogP contribution is 2.11. The van der Waals surface area contributed by atoms with Gasteiger partial charge in [0.15, 0.2) is 0 Å². The fourth-order valence-electron chi connectivity index (χ4n) is 2.72. The van der Waals surface area contributed by atoms with Crippen molar-refractivity contribution in [1.82, 2.24) is 24.6 Å². The van der Waals surface area contributed by atoms with Crippen LogP contribution in [0.2, 0.25) is 0 Å². The third-order valence-corrected chi connectivity index (χ3v) is 3.99. The van der Waals surface area contributed by atoms with E-state index in [-0.39, 0.29) is 12.5 Å². The molecule has 0 radical (unpaired) electrons. The maximum atomic E-state index is 12.2. The van der Waals surface area contributed by atoms with Crippen molar-refractivity contribution in [3.05, 3.63) is 78.9 Å². The minimum Gasteiger partial charge on any atom is -0.350 e. The van der Waals surface area contributed by atoms with Crippen LogP contribution < -0.4 is 5.32 Å². The van der Waals surface area contributed by atoms with E-state index in [1.807, 2.05) is 65.4 Å². The molecular formula is C19H17N5O. The van der Waals surface area contributed by atoms with Gasteiger partial charge in [-0.2, -0.15) is 5.10 Å². The second kappa shape index (κ2) is 6.60. The van der Waals surface area contributed by atoms with Crippen molar-refractivity contribution in [2.75, 3.05) is 0 Å². The normalized spacial score (nSPS) is 10.9. The van der Waals surface area contributed by atoms with Gasteiger partial charge in [-0.1, -0.05) is 30.3 Å². The van der Waals surface area contributed by atoms with E-state index in [9.17, 15) is 4.79 Å². The Hall–Kier alpha value is -3.41. The van der Waals surface area contributed by atoms with Crippen molar-refractivity contribution >= 4 is 16.9 Å². The molecular weight excluding hydrogens is 314 g/mol. The zero-order chi connectivity index (χ0) is 17.1. The molecule has 0 aliphatic heterocycles. The molecule has 0 unspecified atom stereocenters. The Labute approximate surface area is 144 Å². The van der Waals surface area contributed by atoms with E-state index in [2.05, 4.69) is 15.4 Å². The molecule has 0 bridgehead atoms. The molecule has 0 fully saturated rings. The fraction of sp³-hybridized carbons (Fsp3) is 0.105. The molecule has 2 heterocycles. The van der Waals surface area contributed by atoms with Gasteiger partial charge in [-0.05, 0) is 24.3 Å². The number of aromatic nitrogens is 4. The summed E-state index contributed by atoms with van der Waals surface area (Å²) in [4.78, 5) is 16.5. The predicted molar refractivity (Wildman–Crippen MR) is 95.1 cm³/mol. The van der Waals surface area contributed by atoms with Gasteiger partial charge in [0.2, 0.25) is 5.91 Å². The van der Waals surface area contributed by atoms with Crippen molar-refractivity contribution in [1.29, 1.82) is 0 Å². The van der Waals surface area contributed by atoms with Gasteiger partial charge < -0.3 is 9.88 Å². The number of hydrogen-bond acceptors (Lipinski definition) is 3. The van der Waals surface area contributed by atoms with Gasteiger partial charge in [-0.25, -0.2) is 9.67 Å². The Morgan fingerprint density at radius 2 is 1.84 bits per heavy atom. The number of nitrogens with zero attached hydrogens (tertiary/aromatic N) is 4. The highest BCUT2D eigenvalue weighted by Gasteiger charge is 2.07. The molecule has 6 heteroatoms. The second-order valence-electron chi connectivity index (χ2n) is 5.77. The first-order chi connectivity index (χ1) is 12.3. The average Bonchev–Trinajstić information content (AvgIpc) is 3.28. The quantitative estimate of drug-likeness (QED) is 0.611. The van der Waals surface area contributed by atoms with Crippen LogP contribution in [-0.2, 0) is 17.9 Å². The average molecular weight is 331 g/mol. The van der Waals surface area contributed by atoms with Crippen LogP contribution in [0.25, 0.3) is 16.7 Å². The number of carbonyl (C=O) groups excluding carboxylic acids is 1. The minimum absolute atomic E-state index is 0.0596. The summed E-state index contributed by atoms with van der Waals surface area (Å²) in [5, 5.41) is 7.26. The lowest BCUT2D eigenvalue weighted by Crippen LogP contribution is -2.26. The maximum absolute atomic E-state index is 12.2. The van der Waals surface area contributed by atoms with E-state index < -0.39 is 0 Å². The van der Waals surface area contributed by atoms with Gasteiger partial charge in [0, 0.05) is 18.3 Å². The molecule has 0 aliphatic carbocycles. The van der Waals surface area contributed by atoms with Crippen LogP contribution in [0.3, 0.4) is 0 Å². The summed E-state index contributed by atoms with van der Waals surface area (Å²) in [5.74, 6) is -0.0596. The number of carbonyl (C=O) groups is 1. The van der Waals surface area contributed by atoms with Crippen LogP contribution in [0.4, 0.5) is 0 Å². The van der Waals surface area contributed by atoms with Crippen LogP contribution in [-0.4, -0.2) is 25.2 Å². The third kappa shape index (κ3) is 3.28. The monoisotopic (exact) mass is 331 g/mol. The molecule has 4 rings (SSSR count). The van der Waals surface area contributed by atoms with Gasteiger partial charge in [0.1, 0.15) is 6.54 Å². The number of fused-ring (bicyclic) bond motifs is 1. The van der Waals surface area contributed by atoms with Crippen molar-refractivity contribution in [2.24, 2.45) is 0 Å². The van der Waals surface area contributed by atoms with E-state index in [0.29, 0.717) is 6.54 Å². The first kappa shape index (κ1) is 15.1. The number of nitrogens with one attached hydrogen (secondary N) is 1. The number of benzene rings is 2. The van der Waals surface area contributed by atoms with Gasteiger partial charge in [-0.3, -0.25) is 4.79 Å². The zero-order valence-corrected chi connectivity index (χ0v) is 13.5. The molecule has 0 spiro atoms. The molecule has 0 saturated heterocycles. The third-order valence-electron chi connectivity index (χ3n) is 3.99. The summed E-state index contributed by atoms with van der Waals surface area (Å²) in [6.07, 6.45) is 5.37. The number of hydrogen-bond donors (Lipinski definition) is 1. The summed E-state index contributed by atoms with van der Waals surface area (Å²) in [7, 11) is 0. The summed E-state index contributed by atoms with van der Waals surface area (Å²) in [6, 6.07) is 17.6. The van der Waals surface area contributed by atoms with Crippen molar-refractivity contribution < 1.29 is 4.79 Å².